The molecule has 6 nitrogen and oxygen atoms in total. The molecule has 1 fully saturated rings. The molecule has 0 saturated carbocycles. The summed E-state index contributed by atoms with van der Waals surface area (Å²) in [6.45, 7) is 3.54. The Morgan fingerprint density at radius 2 is 1.89 bits per heavy atom. The third-order valence-corrected chi connectivity index (χ3v) is 6.16. The van der Waals surface area contributed by atoms with Crippen molar-refractivity contribution in [3.05, 3.63) is 57.6 Å². The van der Waals surface area contributed by atoms with Crippen LogP contribution in [0.25, 0.3) is 10.8 Å². The summed E-state index contributed by atoms with van der Waals surface area (Å²) in [4.78, 5) is 15.0. The largest absolute Gasteiger partial charge is 0.350 e. The fraction of sp³-hybridized carbons (Fsp3) is 0.455. The first-order valence-corrected chi connectivity index (χ1v) is 10.3. The number of fused-ring (bicyclic) bond motifs is 2. The lowest BCUT2D eigenvalue weighted by Crippen LogP contribution is -2.38. The molecule has 5 rings (SSSR count). The summed E-state index contributed by atoms with van der Waals surface area (Å²) in [5.74, 6) is 0.926. The van der Waals surface area contributed by atoms with Gasteiger partial charge in [0.25, 0.3) is 5.56 Å². The van der Waals surface area contributed by atoms with Crippen LogP contribution in [0.3, 0.4) is 0 Å². The first kappa shape index (κ1) is 17.3. The molecule has 6 heteroatoms. The van der Waals surface area contributed by atoms with Gasteiger partial charge in [-0.15, -0.1) is 5.10 Å². The fourth-order valence-electron chi connectivity index (χ4n) is 4.67. The van der Waals surface area contributed by atoms with Crippen molar-refractivity contribution in [1.29, 1.82) is 0 Å². The Balaban J connectivity index is 1.49. The quantitative estimate of drug-likeness (QED) is 0.704. The minimum absolute atomic E-state index is 0.0207. The standard InChI is InChI=1S/C22H25N5O/c1-15-18-9-3-4-10-19(18)22(24-23-15)26-12-6-8-17(26)14-27-21(28)13-16-7-2-5-11-20(16)25-27/h3-4,9-10,13,17H,2,5-8,11-12,14H2,1H3. The molecule has 0 N–H and O–H groups in total. The van der Waals surface area contributed by atoms with Crippen molar-refractivity contribution in [2.45, 2.75) is 58.0 Å². The number of hydrogen-bond acceptors (Lipinski definition) is 5. The lowest BCUT2D eigenvalue weighted by Gasteiger charge is -2.27. The molecule has 2 aromatic heterocycles. The van der Waals surface area contributed by atoms with Gasteiger partial charge in [-0.25, -0.2) is 4.68 Å². The molecule has 144 valence electrons. The fourth-order valence-corrected chi connectivity index (χ4v) is 4.67. The summed E-state index contributed by atoms with van der Waals surface area (Å²) in [5, 5.41) is 15.9. The van der Waals surface area contributed by atoms with Crippen LogP contribution >= 0.6 is 0 Å². The molecule has 1 aromatic carbocycles. The molecule has 3 heterocycles. The Morgan fingerprint density at radius 3 is 2.79 bits per heavy atom. The highest BCUT2D eigenvalue weighted by atomic mass is 16.1. The second kappa shape index (κ2) is 7.00. The van der Waals surface area contributed by atoms with E-state index in [1.54, 1.807) is 4.68 Å². The molecule has 0 spiro atoms. The van der Waals surface area contributed by atoms with Gasteiger partial charge < -0.3 is 4.90 Å². The maximum absolute atomic E-state index is 12.6. The highest BCUT2D eigenvalue weighted by Crippen LogP contribution is 2.31. The van der Waals surface area contributed by atoms with Crippen molar-refractivity contribution in [3.63, 3.8) is 0 Å². The molecule has 28 heavy (non-hydrogen) atoms. The number of aromatic nitrogens is 4. The van der Waals surface area contributed by atoms with Gasteiger partial charge in [0, 0.05) is 23.4 Å². The van der Waals surface area contributed by atoms with Gasteiger partial charge in [0.2, 0.25) is 0 Å². The highest BCUT2D eigenvalue weighted by Gasteiger charge is 2.29. The van der Waals surface area contributed by atoms with Crippen LogP contribution in [0.5, 0.6) is 0 Å². The Kier molecular flexibility index (Phi) is 4.34. The van der Waals surface area contributed by atoms with Crippen LogP contribution in [0.2, 0.25) is 0 Å². The topological polar surface area (TPSA) is 63.9 Å². The Hall–Kier alpha value is -2.76. The minimum Gasteiger partial charge on any atom is -0.350 e. The van der Waals surface area contributed by atoms with Crippen LogP contribution in [0, 0.1) is 6.92 Å². The van der Waals surface area contributed by atoms with Gasteiger partial charge in [-0.3, -0.25) is 4.79 Å². The Labute approximate surface area is 164 Å². The highest BCUT2D eigenvalue weighted by molar-refractivity contribution is 5.93. The summed E-state index contributed by atoms with van der Waals surface area (Å²) >= 11 is 0. The molecule has 1 aliphatic heterocycles. The maximum atomic E-state index is 12.6. The number of rotatable bonds is 3. The molecule has 3 aromatic rings. The van der Waals surface area contributed by atoms with E-state index in [2.05, 4.69) is 27.2 Å². The average Bonchev–Trinajstić information content (AvgIpc) is 3.17. The summed E-state index contributed by atoms with van der Waals surface area (Å²) in [6.07, 6.45) is 6.42. The van der Waals surface area contributed by atoms with E-state index in [-0.39, 0.29) is 11.6 Å². The smallest absolute Gasteiger partial charge is 0.267 e. The van der Waals surface area contributed by atoms with E-state index in [0.29, 0.717) is 6.54 Å². The van der Waals surface area contributed by atoms with Crippen LogP contribution in [0.1, 0.15) is 42.6 Å². The summed E-state index contributed by atoms with van der Waals surface area (Å²) in [6, 6.07) is 10.3. The van der Waals surface area contributed by atoms with Crippen LogP contribution in [0.4, 0.5) is 5.82 Å². The Bertz CT molecular complexity index is 1090. The predicted molar refractivity (Wildman–Crippen MR) is 110 cm³/mol. The van der Waals surface area contributed by atoms with E-state index in [1.807, 2.05) is 25.1 Å². The average molecular weight is 375 g/mol. The molecular formula is C22H25N5O. The van der Waals surface area contributed by atoms with Gasteiger partial charge in [0.05, 0.1) is 24.0 Å². The van der Waals surface area contributed by atoms with Crippen molar-refractivity contribution in [1.82, 2.24) is 20.0 Å². The van der Waals surface area contributed by atoms with E-state index in [9.17, 15) is 4.79 Å². The zero-order chi connectivity index (χ0) is 19.1. The van der Waals surface area contributed by atoms with E-state index in [0.717, 1.165) is 72.2 Å². The second-order valence-corrected chi connectivity index (χ2v) is 7.99. The summed E-state index contributed by atoms with van der Waals surface area (Å²) < 4.78 is 1.68. The van der Waals surface area contributed by atoms with Crippen LogP contribution in [0.15, 0.2) is 35.1 Å². The predicted octanol–water partition coefficient (Wildman–Crippen LogP) is 3.04. The monoisotopic (exact) mass is 375 g/mol. The zero-order valence-electron chi connectivity index (χ0n) is 16.3. The van der Waals surface area contributed by atoms with Crippen molar-refractivity contribution < 1.29 is 0 Å². The molecule has 1 atom stereocenters. The van der Waals surface area contributed by atoms with Gasteiger partial charge >= 0.3 is 0 Å². The number of nitrogens with zero attached hydrogens (tertiary/aromatic N) is 5. The first-order chi connectivity index (χ1) is 13.7. The number of aryl methyl sites for hydroxylation is 3. The van der Waals surface area contributed by atoms with Crippen molar-refractivity contribution in [2.75, 3.05) is 11.4 Å². The van der Waals surface area contributed by atoms with Crippen LogP contribution in [-0.2, 0) is 19.4 Å². The van der Waals surface area contributed by atoms with Crippen molar-refractivity contribution >= 4 is 16.6 Å². The van der Waals surface area contributed by atoms with Crippen molar-refractivity contribution in [2.24, 2.45) is 0 Å². The number of hydrogen-bond donors (Lipinski definition) is 0. The second-order valence-electron chi connectivity index (χ2n) is 7.99. The third-order valence-electron chi connectivity index (χ3n) is 6.16. The molecule has 1 aliphatic carbocycles. The normalized spacial score (nSPS) is 19.2. The van der Waals surface area contributed by atoms with Crippen LogP contribution in [-0.4, -0.2) is 32.6 Å². The first-order valence-electron chi connectivity index (χ1n) is 10.3. The van der Waals surface area contributed by atoms with E-state index >= 15 is 0 Å². The van der Waals surface area contributed by atoms with E-state index in [4.69, 9.17) is 5.10 Å². The third kappa shape index (κ3) is 2.97. The minimum atomic E-state index is 0.0207. The lowest BCUT2D eigenvalue weighted by atomic mass is 9.97. The zero-order valence-corrected chi connectivity index (χ0v) is 16.3. The summed E-state index contributed by atoms with van der Waals surface area (Å²) in [7, 11) is 0. The molecule has 0 bridgehead atoms. The molecule has 2 aliphatic rings. The molecular weight excluding hydrogens is 350 g/mol. The lowest BCUT2D eigenvalue weighted by molar-refractivity contribution is 0.472. The van der Waals surface area contributed by atoms with Gasteiger partial charge in [0.1, 0.15) is 0 Å². The molecule has 1 unspecified atom stereocenters. The summed E-state index contributed by atoms with van der Waals surface area (Å²) in [5.41, 5.74) is 3.22. The maximum Gasteiger partial charge on any atom is 0.267 e. The van der Waals surface area contributed by atoms with Crippen LogP contribution < -0.4 is 10.5 Å². The molecule has 1 saturated heterocycles. The SMILES string of the molecule is Cc1nnc(N2CCCC2Cn2nc3c(cc2=O)CCCC3)c2ccccc12. The van der Waals surface area contributed by atoms with E-state index in [1.165, 1.54) is 6.42 Å². The van der Waals surface area contributed by atoms with Gasteiger partial charge in [-0.05, 0) is 51.0 Å². The van der Waals surface area contributed by atoms with Crippen molar-refractivity contribution in [3.8, 4) is 0 Å². The molecule has 0 radical (unpaired) electrons. The number of benzene rings is 1. The number of anilines is 1. The Morgan fingerprint density at radius 1 is 1.07 bits per heavy atom. The van der Waals surface area contributed by atoms with Gasteiger partial charge in [-0.2, -0.15) is 10.2 Å². The van der Waals surface area contributed by atoms with E-state index < -0.39 is 0 Å². The molecule has 0 amide bonds. The van der Waals surface area contributed by atoms with Gasteiger partial charge in [0.15, 0.2) is 5.82 Å². The van der Waals surface area contributed by atoms with Gasteiger partial charge in [-0.1, -0.05) is 24.3 Å².